The topological polar surface area (TPSA) is 49.5 Å². The number of nitrogens with two attached hydrogens (primary N) is 1. The second kappa shape index (κ2) is 5.14. The SMILES string of the molecule is CC(C)N(C)C[C@H](O)c1cccc(N)c1. The maximum atomic E-state index is 9.97. The summed E-state index contributed by atoms with van der Waals surface area (Å²) in [6, 6.07) is 7.83. The molecule has 0 saturated carbocycles. The normalized spacial score (nSPS) is 13.5. The van der Waals surface area contributed by atoms with Crippen molar-refractivity contribution in [2.45, 2.75) is 26.0 Å². The van der Waals surface area contributed by atoms with Gasteiger partial charge in [-0.25, -0.2) is 0 Å². The van der Waals surface area contributed by atoms with E-state index in [1.54, 1.807) is 0 Å². The number of nitrogen functional groups attached to an aromatic ring is 1. The van der Waals surface area contributed by atoms with Gasteiger partial charge in [0.15, 0.2) is 0 Å². The fourth-order valence-corrected chi connectivity index (χ4v) is 1.36. The van der Waals surface area contributed by atoms with Crippen LogP contribution in [-0.2, 0) is 0 Å². The highest BCUT2D eigenvalue weighted by molar-refractivity contribution is 5.41. The Labute approximate surface area is 91.5 Å². The van der Waals surface area contributed by atoms with Gasteiger partial charge < -0.3 is 15.7 Å². The van der Waals surface area contributed by atoms with Crippen LogP contribution < -0.4 is 5.73 Å². The Morgan fingerprint density at radius 2 is 2.07 bits per heavy atom. The number of hydrogen-bond donors (Lipinski definition) is 2. The molecule has 0 aromatic heterocycles. The standard InChI is InChI=1S/C12H20N2O/c1-9(2)14(3)8-12(15)10-5-4-6-11(13)7-10/h4-7,9,12,15H,8,13H2,1-3H3/t12-/m0/s1. The van der Waals surface area contributed by atoms with Crippen LogP contribution in [0.25, 0.3) is 0 Å². The Balaban J connectivity index is 2.64. The first kappa shape index (κ1) is 12.0. The molecule has 0 aliphatic carbocycles. The largest absolute Gasteiger partial charge is 0.399 e. The van der Waals surface area contributed by atoms with Crippen LogP contribution in [0.3, 0.4) is 0 Å². The summed E-state index contributed by atoms with van der Waals surface area (Å²) < 4.78 is 0. The Morgan fingerprint density at radius 1 is 1.40 bits per heavy atom. The first-order chi connectivity index (χ1) is 7.00. The average Bonchev–Trinajstić information content (AvgIpc) is 2.17. The molecule has 84 valence electrons. The van der Waals surface area contributed by atoms with Gasteiger partial charge in [0.25, 0.3) is 0 Å². The number of hydrogen-bond acceptors (Lipinski definition) is 3. The molecule has 0 aliphatic heterocycles. The minimum Gasteiger partial charge on any atom is -0.399 e. The molecule has 0 amide bonds. The zero-order valence-electron chi connectivity index (χ0n) is 9.64. The summed E-state index contributed by atoms with van der Waals surface area (Å²) in [6.07, 6.45) is -0.471. The van der Waals surface area contributed by atoms with Gasteiger partial charge in [-0.2, -0.15) is 0 Å². The summed E-state index contributed by atoms with van der Waals surface area (Å²) >= 11 is 0. The zero-order chi connectivity index (χ0) is 11.4. The van der Waals surface area contributed by atoms with Crippen molar-refractivity contribution in [2.75, 3.05) is 19.3 Å². The molecule has 0 aliphatic rings. The van der Waals surface area contributed by atoms with Crippen molar-refractivity contribution >= 4 is 5.69 Å². The van der Waals surface area contributed by atoms with Crippen LogP contribution >= 0.6 is 0 Å². The van der Waals surface area contributed by atoms with Gasteiger partial charge in [0.1, 0.15) is 0 Å². The van der Waals surface area contributed by atoms with E-state index < -0.39 is 6.10 Å². The van der Waals surface area contributed by atoms with E-state index in [1.807, 2.05) is 31.3 Å². The molecule has 0 fully saturated rings. The van der Waals surface area contributed by atoms with Crippen LogP contribution in [0.1, 0.15) is 25.5 Å². The molecule has 15 heavy (non-hydrogen) atoms. The van der Waals surface area contributed by atoms with Crippen LogP contribution in [0.15, 0.2) is 24.3 Å². The molecule has 3 N–H and O–H groups in total. The van der Waals surface area contributed by atoms with E-state index >= 15 is 0 Å². The number of nitrogens with zero attached hydrogens (tertiary/aromatic N) is 1. The van der Waals surface area contributed by atoms with Gasteiger partial charge in [-0.05, 0) is 38.6 Å². The Hall–Kier alpha value is -1.06. The fraction of sp³-hybridized carbons (Fsp3) is 0.500. The van der Waals surface area contributed by atoms with Crippen molar-refractivity contribution in [2.24, 2.45) is 0 Å². The molecule has 1 rings (SSSR count). The summed E-state index contributed by atoms with van der Waals surface area (Å²) in [7, 11) is 2.00. The van der Waals surface area contributed by atoms with E-state index in [4.69, 9.17) is 5.73 Å². The van der Waals surface area contributed by atoms with Crippen molar-refractivity contribution < 1.29 is 5.11 Å². The first-order valence-electron chi connectivity index (χ1n) is 5.24. The Morgan fingerprint density at radius 3 is 2.60 bits per heavy atom. The van der Waals surface area contributed by atoms with Gasteiger partial charge in [0, 0.05) is 18.3 Å². The number of likely N-dealkylation sites (N-methyl/N-ethyl adjacent to an activating group) is 1. The lowest BCUT2D eigenvalue weighted by atomic mass is 10.1. The van der Waals surface area contributed by atoms with Crippen molar-refractivity contribution in [3.8, 4) is 0 Å². The number of benzene rings is 1. The minimum absolute atomic E-state index is 0.431. The van der Waals surface area contributed by atoms with Crippen LogP contribution in [0, 0.1) is 0 Å². The highest BCUT2D eigenvalue weighted by Gasteiger charge is 2.12. The van der Waals surface area contributed by atoms with Crippen molar-refractivity contribution in [1.82, 2.24) is 4.90 Å². The summed E-state index contributed by atoms with van der Waals surface area (Å²) in [5.41, 5.74) is 7.23. The molecular formula is C12H20N2O. The van der Waals surface area contributed by atoms with E-state index in [0.717, 1.165) is 5.56 Å². The third-order valence-electron chi connectivity index (χ3n) is 2.64. The monoisotopic (exact) mass is 208 g/mol. The van der Waals surface area contributed by atoms with Gasteiger partial charge in [-0.1, -0.05) is 12.1 Å². The van der Waals surface area contributed by atoms with Crippen molar-refractivity contribution in [3.63, 3.8) is 0 Å². The average molecular weight is 208 g/mol. The molecule has 1 aromatic carbocycles. The van der Waals surface area contributed by atoms with Gasteiger partial charge >= 0.3 is 0 Å². The predicted octanol–water partition coefficient (Wildman–Crippen LogP) is 1.64. The maximum Gasteiger partial charge on any atom is 0.0917 e. The summed E-state index contributed by atoms with van der Waals surface area (Å²) in [5, 5.41) is 9.97. The van der Waals surface area contributed by atoms with E-state index in [0.29, 0.717) is 18.3 Å². The lowest BCUT2D eigenvalue weighted by molar-refractivity contribution is 0.112. The molecule has 0 bridgehead atoms. The molecule has 0 radical (unpaired) electrons. The van der Waals surface area contributed by atoms with Crippen LogP contribution in [0.2, 0.25) is 0 Å². The molecular weight excluding hydrogens is 188 g/mol. The molecule has 3 nitrogen and oxygen atoms in total. The van der Waals surface area contributed by atoms with Crippen molar-refractivity contribution in [3.05, 3.63) is 29.8 Å². The highest BCUT2D eigenvalue weighted by atomic mass is 16.3. The quantitative estimate of drug-likeness (QED) is 0.740. The molecule has 0 saturated heterocycles. The van der Waals surface area contributed by atoms with Crippen LogP contribution in [0.5, 0.6) is 0 Å². The molecule has 0 heterocycles. The Bertz CT molecular complexity index is 312. The van der Waals surface area contributed by atoms with Gasteiger partial charge in [0.05, 0.1) is 6.10 Å². The molecule has 0 spiro atoms. The van der Waals surface area contributed by atoms with Crippen molar-refractivity contribution in [1.29, 1.82) is 0 Å². The number of aliphatic hydroxyl groups excluding tert-OH is 1. The van der Waals surface area contributed by atoms with Gasteiger partial charge in [0.2, 0.25) is 0 Å². The minimum atomic E-state index is -0.471. The lowest BCUT2D eigenvalue weighted by Gasteiger charge is -2.24. The van der Waals surface area contributed by atoms with E-state index in [2.05, 4.69) is 18.7 Å². The second-order valence-electron chi connectivity index (χ2n) is 4.22. The van der Waals surface area contributed by atoms with E-state index in [9.17, 15) is 5.11 Å². The molecule has 1 atom stereocenters. The number of aliphatic hydroxyl groups is 1. The summed E-state index contributed by atoms with van der Waals surface area (Å²) in [4.78, 5) is 2.11. The summed E-state index contributed by atoms with van der Waals surface area (Å²) in [5.74, 6) is 0. The number of anilines is 1. The fourth-order valence-electron chi connectivity index (χ4n) is 1.36. The highest BCUT2D eigenvalue weighted by Crippen LogP contribution is 2.17. The molecule has 0 unspecified atom stereocenters. The van der Waals surface area contributed by atoms with Crippen LogP contribution in [0.4, 0.5) is 5.69 Å². The molecule has 1 aromatic rings. The number of rotatable bonds is 4. The van der Waals surface area contributed by atoms with E-state index in [-0.39, 0.29) is 0 Å². The Kier molecular flexibility index (Phi) is 4.12. The van der Waals surface area contributed by atoms with Gasteiger partial charge in [-0.15, -0.1) is 0 Å². The zero-order valence-corrected chi connectivity index (χ0v) is 9.64. The first-order valence-corrected chi connectivity index (χ1v) is 5.24. The summed E-state index contributed by atoms with van der Waals surface area (Å²) in [6.45, 7) is 4.83. The molecule has 3 heteroatoms. The smallest absolute Gasteiger partial charge is 0.0917 e. The van der Waals surface area contributed by atoms with Gasteiger partial charge in [-0.3, -0.25) is 0 Å². The third kappa shape index (κ3) is 3.53. The van der Waals surface area contributed by atoms with E-state index in [1.165, 1.54) is 0 Å². The second-order valence-corrected chi connectivity index (χ2v) is 4.22. The maximum absolute atomic E-state index is 9.97. The predicted molar refractivity (Wildman–Crippen MR) is 63.6 cm³/mol. The lowest BCUT2D eigenvalue weighted by Crippen LogP contribution is -2.30. The van der Waals surface area contributed by atoms with Crippen LogP contribution in [-0.4, -0.2) is 29.6 Å². The third-order valence-corrected chi connectivity index (χ3v) is 2.64.